The second-order valence-electron chi connectivity index (χ2n) is 5.60. The molecule has 0 radical (unpaired) electrons. The number of aromatic nitrogens is 2. The number of nitro benzene ring substituents is 1. The molecule has 0 aliphatic heterocycles. The van der Waals surface area contributed by atoms with Gasteiger partial charge in [-0.25, -0.2) is 10.4 Å². The Balaban J connectivity index is 1.52. The Morgan fingerprint density at radius 2 is 2.07 bits per heavy atom. The van der Waals surface area contributed by atoms with E-state index in [9.17, 15) is 10.1 Å². The predicted octanol–water partition coefficient (Wildman–Crippen LogP) is 4.83. The number of H-pyrrole nitrogens is 1. The lowest BCUT2D eigenvalue weighted by molar-refractivity contribution is -0.384. The number of benzene rings is 2. The lowest BCUT2D eigenvalue weighted by Gasteiger charge is -2.00. The number of hydrogen-bond donors (Lipinski definition) is 2. The van der Waals surface area contributed by atoms with Gasteiger partial charge in [-0.05, 0) is 30.3 Å². The number of nitrogens with one attached hydrogen (secondary N) is 2. The smallest absolute Gasteiger partial charge is 0.270 e. The molecule has 0 atom stereocenters. The highest BCUT2D eigenvalue weighted by atomic mass is 35.5. The van der Waals surface area contributed by atoms with E-state index in [1.807, 2.05) is 24.3 Å². The predicted molar refractivity (Wildman–Crippen MR) is 103 cm³/mol. The molecule has 0 spiro atoms. The number of fused-ring (bicyclic) bond motifs is 1. The number of rotatable bonds is 5. The van der Waals surface area contributed by atoms with Gasteiger partial charge in [0, 0.05) is 17.7 Å². The maximum atomic E-state index is 10.9. The number of nitrogens with zero attached hydrogens (tertiary/aromatic N) is 3. The molecule has 8 nitrogen and oxygen atoms in total. The quantitative estimate of drug-likeness (QED) is 0.292. The molecule has 0 unspecified atom stereocenters. The van der Waals surface area contributed by atoms with Gasteiger partial charge in [0.15, 0.2) is 0 Å². The topological polar surface area (TPSA) is 109 Å². The maximum absolute atomic E-state index is 10.9. The Hall–Kier alpha value is -3.65. The van der Waals surface area contributed by atoms with Gasteiger partial charge in [0.25, 0.3) is 5.69 Å². The van der Waals surface area contributed by atoms with Crippen LogP contribution in [0, 0.1) is 10.1 Å². The molecule has 134 valence electrons. The third-order valence-electron chi connectivity index (χ3n) is 3.80. The second kappa shape index (κ2) is 6.93. The number of hydrazone groups is 1. The monoisotopic (exact) mass is 381 g/mol. The first-order chi connectivity index (χ1) is 13.1. The minimum atomic E-state index is -0.484. The van der Waals surface area contributed by atoms with E-state index in [2.05, 4.69) is 20.5 Å². The van der Waals surface area contributed by atoms with E-state index in [4.69, 9.17) is 16.0 Å². The summed E-state index contributed by atoms with van der Waals surface area (Å²) in [6.07, 6.45) is 1.47. The van der Waals surface area contributed by atoms with Gasteiger partial charge in [-0.2, -0.15) is 5.10 Å². The van der Waals surface area contributed by atoms with Crippen molar-refractivity contribution < 1.29 is 9.34 Å². The van der Waals surface area contributed by atoms with Crippen molar-refractivity contribution in [2.45, 2.75) is 0 Å². The van der Waals surface area contributed by atoms with Crippen molar-refractivity contribution in [1.82, 2.24) is 9.97 Å². The third-order valence-corrected chi connectivity index (χ3v) is 4.13. The minimum Gasteiger partial charge on any atom is -0.455 e. The molecule has 0 saturated carbocycles. The first-order valence-electron chi connectivity index (χ1n) is 7.88. The van der Waals surface area contributed by atoms with Gasteiger partial charge >= 0.3 is 0 Å². The summed E-state index contributed by atoms with van der Waals surface area (Å²) in [5.41, 5.74) is 4.90. The molecule has 2 aromatic heterocycles. The van der Waals surface area contributed by atoms with Gasteiger partial charge in [0.1, 0.15) is 11.5 Å². The van der Waals surface area contributed by atoms with Gasteiger partial charge in [-0.15, -0.1) is 0 Å². The van der Waals surface area contributed by atoms with Crippen LogP contribution in [-0.4, -0.2) is 21.1 Å². The summed E-state index contributed by atoms with van der Waals surface area (Å²) in [5, 5.41) is 15.4. The van der Waals surface area contributed by atoms with Crippen LogP contribution in [-0.2, 0) is 0 Å². The Morgan fingerprint density at radius 3 is 2.89 bits per heavy atom. The summed E-state index contributed by atoms with van der Waals surface area (Å²) in [6, 6.07) is 15.2. The number of para-hydroxylation sites is 2. The van der Waals surface area contributed by atoms with Crippen LogP contribution in [0.4, 0.5) is 11.6 Å². The van der Waals surface area contributed by atoms with Crippen LogP contribution >= 0.6 is 11.6 Å². The summed E-state index contributed by atoms with van der Waals surface area (Å²) >= 11 is 6.13. The van der Waals surface area contributed by atoms with Crippen LogP contribution < -0.4 is 5.43 Å². The van der Waals surface area contributed by atoms with E-state index in [0.717, 1.165) is 11.0 Å². The highest BCUT2D eigenvalue weighted by Gasteiger charge is 2.14. The molecule has 0 saturated heterocycles. The summed E-state index contributed by atoms with van der Waals surface area (Å²) < 4.78 is 5.66. The molecule has 0 bridgehead atoms. The summed E-state index contributed by atoms with van der Waals surface area (Å²) in [7, 11) is 0. The van der Waals surface area contributed by atoms with Crippen LogP contribution in [0.15, 0.2) is 64.1 Å². The Morgan fingerprint density at radius 1 is 1.22 bits per heavy atom. The van der Waals surface area contributed by atoms with Crippen LogP contribution in [0.25, 0.3) is 22.4 Å². The number of non-ortho nitro benzene ring substituents is 1. The van der Waals surface area contributed by atoms with Crippen molar-refractivity contribution >= 4 is 40.5 Å². The van der Waals surface area contributed by atoms with Crippen LogP contribution in [0.2, 0.25) is 5.02 Å². The average molecular weight is 382 g/mol. The fourth-order valence-electron chi connectivity index (χ4n) is 2.55. The third kappa shape index (κ3) is 3.51. The van der Waals surface area contributed by atoms with E-state index in [-0.39, 0.29) is 5.69 Å². The molecule has 2 N–H and O–H groups in total. The van der Waals surface area contributed by atoms with Crippen molar-refractivity contribution in [1.29, 1.82) is 0 Å². The normalized spacial score (nSPS) is 11.3. The van der Waals surface area contributed by atoms with Crippen LogP contribution in [0.5, 0.6) is 0 Å². The van der Waals surface area contributed by atoms with Gasteiger partial charge in [-0.1, -0.05) is 23.7 Å². The molecule has 4 rings (SSSR count). The molecule has 9 heteroatoms. The van der Waals surface area contributed by atoms with Crippen molar-refractivity contribution in [3.63, 3.8) is 0 Å². The van der Waals surface area contributed by atoms with E-state index >= 15 is 0 Å². The minimum absolute atomic E-state index is 0.0624. The number of hydrogen-bond acceptors (Lipinski definition) is 6. The lowest BCUT2D eigenvalue weighted by Crippen LogP contribution is -1.91. The van der Waals surface area contributed by atoms with Crippen molar-refractivity contribution in [3.8, 4) is 11.3 Å². The highest BCUT2D eigenvalue weighted by molar-refractivity contribution is 6.33. The van der Waals surface area contributed by atoms with Crippen LogP contribution in [0.1, 0.15) is 5.76 Å². The second-order valence-corrected chi connectivity index (χ2v) is 6.00. The zero-order chi connectivity index (χ0) is 18.8. The number of furan rings is 1. The molecule has 2 heterocycles. The molecule has 0 fully saturated rings. The van der Waals surface area contributed by atoms with E-state index in [1.54, 1.807) is 12.1 Å². The van der Waals surface area contributed by atoms with Gasteiger partial charge in [0.2, 0.25) is 5.95 Å². The first-order valence-corrected chi connectivity index (χ1v) is 8.26. The van der Waals surface area contributed by atoms with Crippen LogP contribution in [0.3, 0.4) is 0 Å². The molecule has 2 aromatic carbocycles. The number of anilines is 1. The molecule has 0 amide bonds. The molecule has 4 aromatic rings. The Labute approximate surface area is 157 Å². The zero-order valence-corrected chi connectivity index (χ0v) is 14.5. The lowest BCUT2D eigenvalue weighted by atomic mass is 10.1. The number of aromatic amines is 1. The fraction of sp³-hybridized carbons (Fsp3) is 0. The number of imidazole rings is 1. The SMILES string of the molecule is O=[N+]([O-])c1ccc(Cl)c(-c2ccc(/C=N\Nc3nc4ccccc4[nH]3)o2)c1. The largest absolute Gasteiger partial charge is 0.455 e. The zero-order valence-electron chi connectivity index (χ0n) is 13.7. The highest BCUT2D eigenvalue weighted by Crippen LogP contribution is 2.32. The molecular weight excluding hydrogens is 370 g/mol. The van der Waals surface area contributed by atoms with Gasteiger partial charge in [-0.3, -0.25) is 10.1 Å². The molecular formula is C18H12ClN5O3. The summed E-state index contributed by atoms with van der Waals surface area (Å²) in [4.78, 5) is 17.9. The average Bonchev–Trinajstić information content (AvgIpc) is 3.28. The number of halogens is 1. The standard InChI is InChI=1S/C18H12ClN5O3/c19-14-7-5-11(24(25)26)9-13(14)17-8-6-12(27-17)10-20-23-18-21-15-3-1-2-4-16(15)22-18/h1-10H,(H2,21,22,23)/b20-10-. The first kappa shape index (κ1) is 16.8. The molecule has 27 heavy (non-hydrogen) atoms. The summed E-state index contributed by atoms with van der Waals surface area (Å²) in [5.74, 6) is 1.37. The van der Waals surface area contributed by atoms with E-state index in [1.165, 1.54) is 24.4 Å². The Bertz CT molecular complexity index is 1130. The number of nitro groups is 1. The van der Waals surface area contributed by atoms with Crippen molar-refractivity contribution in [2.24, 2.45) is 5.10 Å². The fourth-order valence-corrected chi connectivity index (χ4v) is 2.76. The van der Waals surface area contributed by atoms with E-state index < -0.39 is 4.92 Å². The van der Waals surface area contributed by atoms with Crippen molar-refractivity contribution in [3.05, 3.63) is 75.5 Å². The van der Waals surface area contributed by atoms with Gasteiger partial charge in [0.05, 0.1) is 27.2 Å². The summed E-state index contributed by atoms with van der Waals surface area (Å²) in [6.45, 7) is 0. The van der Waals surface area contributed by atoms with Gasteiger partial charge < -0.3 is 9.40 Å². The van der Waals surface area contributed by atoms with E-state index in [0.29, 0.717) is 28.1 Å². The molecule has 0 aliphatic rings. The Kier molecular flexibility index (Phi) is 4.31. The maximum Gasteiger partial charge on any atom is 0.270 e. The molecule has 0 aliphatic carbocycles. The van der Waals surface area contributed by atoms with Crippen molar-refractivity contribution in [2.75, 3.05) is 5.43 Å².